The van der Waals surface area contributed by atoms with Crippen LogP contribution in [0.2, 0.25) is 0 Å². The Kier molecular flexibility index (Phi) is 7.50. The van der Waals surface area contributed by atoms with Crippen LogP contribution in [-0.2, 0) is 0 Å². The van der Waals surface area contributed by atoms with Crippen molar-refractivity contribution < 1.29 is 4.42 Å². The predicted molar refractivity (Wildman–Crippen MR) is 207 cm³/mol. The number of aromatic nitrogens is 2. The average molecular weight is 652 g/mol. The molecule has 0 aliphatic heterocycles. The molecule has 9 rings (SSSR count). The predicted octanol–water partition coefficient (Wildman–Crippen LogP) is 12.2. The molecule has 0 aliphatic rings. The normalized spacial score (nSPS) is 11.1. The molecule has 0 N–H and O–H groups in total. The fraction of sp³-hybridized carbons (Fsp3) is 0. The summed E-state index contributed by atoms with van der Waals surface area (Å²) in [5.74, 6) is 0. The van der Waals surface area contributed by atoms with Crippen LogP contribution in [0, 0.1) is 11.3 Å². The Morgan fingerprint density at radius 2 is 1.02 bits per heavy atom. The summed E-state index contributed by atoms with van der Waals surface area (Å²) in [6.45, 7) is 0. The molecule has 238 valence electrons. The lowest BCUT2D eigenvalue weighted by Gasteiger charge is -2.15. The number of rotatable bonds is 6. The molecule has 0 atom stereocenters. The number of furan rings is 1. The summed E-state index contributed by atoms with van der Waals surface area (Å²) in [4.78, 5) is 9.88. The van der Waals surface area contributed by atoms with E-state index in [1.54, 1.807) is 6.07 Å². The van der Waals surface area contributed by atoms with Crippen LogP contribution < -0.4 is 0 Å². The van der Waals surface area contributed by atoms with Gasteiger partial charge in [-0.05, 0) is 87.5 Å². The van der Waals surface area contributed by atoms with Crippen molar-refractivity contribution >= 4 is 21.9 Å². The Balaban J connectivity index is 1.21. The molecule has 0 saturated carbocycles. The number of nitrogens with zero attached hydrogens (tertiary/aromatic N) is 3. The molecule has 6 aromatic carbocycles. The molecule has 0 spiro atoms. The third-order valence-electron chi connectivity index (χ3n) is 9.45. The maximum absolute atomic E-state index is 9.42. The molecule has 3 aromatic heterocycles. The van der Waals surface area contributed by atoms with Gasteiger partial charge in [-0.2, -0.15) is 5.26 Å². The van der Waals surface area contributed by atoms with Gasteiger partial charge < -0.3 is 4.42 Å². The molecular formula is C47H29N3O. The topological polar surface area (TPSA) is 62.7 Å². The summed E-state index contributed by atoms with van der Waals surface area (Å²) in [5.41, 5.74) is 14.5. The van der Waals surface area contributed by atoms with Gasteiger partial charge in [-0.1, -0.05) is 115 Å². The van der Waals surface area contributed by atoms with Crippen molar-refractivity contribution in [3.63, 3.8) is 0 Å². The Hall–Kier alpha value is -7.09. The first-order chi connectivity index (χ1) is 25.2. The van der Waals surface area contributed by atoms with Gasteiger partial charge in [-0.15, -0.1) is 0 Å². The van der Waals surface area contributed by atoms with E-state index in [-0.39, 0.29) is 0 Å². The van der Waals surface area contributed by atoms with E-state index >= 15 is 0 Å². The largest absolute Gasteiger partial charge is 0.456 e. The highest BCUT2D eigenvalue weighted by atomic mass is 16.3. The highest BCUT2D eigenvalue weighted by Gasteiger charge is 2.17. The van der Waals surface area contributed by atoms with Gasteiger partial charge in [0.2, 0.25) is 0 Å². The van der Waals surface area contributed by atoms with Crippen LogP contribution >= 0.6 is 0 Å². The van der Waals surface area contributed by atoms with Gasteiger partial charge in [0.1, 0.15) is 11.2 Å². The highest BCUT2D eigenvalue weighted by molar-refractivity contribution is 6.06. The average Bonchev–Trinajstić information content (AvgIpc) is 3.58. The molecular weight excluding hydrogens is 623 g/mol. The van der Waals surface area contributed by atoms with Gasteiger partial charge in [-0.3, -0.25) is 4.98 Å². The van der Waals surface area contributed by atoms with Crippen molar-refractivity contribution in [3.8, 4) is 73.1 Å². The minimum Gasteiger partial charge on any atom is -0.456 e. The zero-order valence-corrected chi connectivity index (χ0v) is 27.5. The number of benzene rings is 6. The molecule has 4 heteroatoms. The van der Waals surface area contributed by atoms with Gasteiger partial charge in [0, 0.05) is 39.9 Å². The number of hydrogen-bond donors (Lipinski definition) is 0. The lowest BCUT2D eigenvalue weighted by molar-refractivity contribution is 0.669. The van der Waals surface area contributed by atoms with Crippen LogP contribution in [0.25, 0.3) is 89.0 Å². The monoisotopic (exact) mass is 651 g/mol. The summed E-state index contributed by atoms with van der Waals surface area (Å²) in [6, 6.07) is 58.5. The standard InChI is InChI=1S/C47H29N3O/c48-29-31-15-21-41-42-22-20-36(28-47(42)51-46(41)25-31)43-30-49-24-23-40(43)45-27-37(39-14-8-7-13-38(39)34-11-5-2-6-12-34)26-44(50-45)35-18-16-33(17-19-35)32-9-3-1-4-10-32/h1-28,30H. The third kappa shape index (κ3) is 5.63. The maximum atomic E-state index is 9.42. The van der Waals surface area contributed by atoms with Crippen molar-refractivity contribution in [1.82, 2.24) is 9.97 Å². The number of pyridine rings is 2. The quantitative estimate of drug-likeness (QED) is 0.179. The van der Waals surface area contributed by atoms with Crippen molar-refractivity contribution in [1.29, 1.82) is 5.26 Å². The molecule has 4 nitrogen and oxygen atoms in total. The van der Waals surface area contributed by atoms with Gasteiger partial charge in [0.15, 0.2) is 0 Å². The molecule has 0 radical (unpaired) electrons. The summed E-state index contributed by atoms with van der Waals surface area (Å²) in [6.07, 6.45) is 3.72. The Morgan fingerprint density at radius 1 is 0.431 bits per heavy atom. The molecule has 0 fully saturated rings. The summed E-state index contributed by atoms with van der Waals surface area (Å²) in [5, 5.41) is 11.4. The maximum Gasteiger partial charge on any atom is 0.136 e. The van der Waals surface area contributed by atoms with Gasteiger partial charge >= 0.3 is 0 Å². The lowest BCUT2D eigenvalue weighted by atomic mass is 9.91. The first-order valence-electron chi connectivity index (χ1n) is 16.9. The zero-order valence-electron chi connectivity index (χ0n) is 27.5. The molecule has 0 aliphatic carbocycles. The van der Waals surface area contributed by atoms with Crippen molar-refractivity contribution in [2.24, 2.45) is 0 Å². The first-order valence-corrected chi connectivity index (χ1v) is 16.9. The molecule has 0 saturated heterocycles. The molecule has 3 heterocycles. The third-order valence-corrected chi connectivity index (χ3v) is 9.45. The molecule has 0 unspecified atom stereocenters. The van der Waals surface area contributed by atoms with Crippen molar-refractivity contribution in [2.45, 2.75) is 0 Å². The number of fused-ring (bicyclic) bond motifs is 3. The second-order valence-corrected chi connectivity index (χ2v) is 12.5. The van der Waals surface area contributed by atoms with E-state index < -0.39 is 0 Å². The van der Waals surface area contributed by atoms with Crippen LogP contribution in [-0.4, -0.2) is 9.97 Å². The molecule has 0 amide bonds. The molecule has 51 heavy (non-hydrogen) atoms. The SMILES string of the molecule is N#Cc1ccc2c(c1)oc1cc(-c3cnccc3-c3cc(-c4ccccc4-c4ccccc4)cc(-c4ccc(-c5ccccc5)cc4)n3)ccc12. The fourth-order valence-corrected chi connectivity index (χ4v) is 6.90. The molecule has 0 bridgehead atoms. The van der Waals surface area contributed by atoms with E-state index in [0.717, 1.165) is 77.8 Å². The van der Waals surface area contributed by atoms with E-state index in [4.69, 9.17) is 9.40 Å². The fourth-order valence-electron chi connectivity index (χ4n) is 6.90. The smallest absolute Gasteiger partial charge is 0.136 e. The van der Waals surface area contributed by atoms with Crippen LogP contribution in [0.3, 0.4) is 0 Å². The van der Waals surface area contributed by atoms with E-state index in [9.17, 15) is 5.26 Å². The second-order valence-electron chi connectivity index (χ2n) is 12.5. The lowest BCUT2D eigenvalue weighted by Crippen LogP contribution is -1.95. The first kappa shape index (κ1) is 30.0. The number of nitriles is 1. The Morgan fingerprint density at radius 3 is 1.76 bits per heavy atom. The Bertz CT molecular complexity index is 2740. The van der Waals surface area contributed by atoms with Crippen LogP contribution in [0.15, 0.2) is 181 Å². The second kappa shape index (κ2) is 12.7. The van der Waals surface area contributed by atoms with Crippen molar-refractivity contribution in [3.05, 3.63) is 182 Å². The summed E-state index contributed by atoms with van der Waals surface area (Å²) < 4.78 is 6.27. The van der Waals surface area contributed by atoms with E-state index in [2.05, 4.69) is 138 Å². The van der Waals surface area contributed by atoms with E-state index in [1.165, 1.54) is 5.56 Å². The zero-order chi connectivity index (χ0) is 34.1. The van der Waals surface area contributed by atoms with Gasteiger partial charge in [0.25, 0.3) is 0 Å². The van der Waals surface area contributed by atoms with E-state index in [0.29, 0.717) is 11.1 Å². The van der Waals surface area contributed by atoms with Gasteiger partial charge in [-0.25, -0.2) is 4.98 Å². The van der Waals surface area contributed by atoms with Crippen LogP contribution in [0.4, 0.5) is 0 Å². The van der Waals surface area contributed by atoms with Crippen LogP contribution in [0.5, 0.6) is 0 Å². The summed E-state index contributed by atoms with van der Waals surface area (Å²) in [7, 11) is 0. The highest BCUT2D eigenvalue weighted by Crippen LogP contribution is 2.40. The van der Waals surface area contributed by atoms with Gasteiger partial charge in [0.05, 0.1) is 23.0 Å². The molecule has 9 aromatic rings. The van der Waals surface area contributed by atoms with E-state index in [1.807, 2.05) is 42.7 Å². The minimum absolute atomic E-state index is 0.571. The van der Waals surface area contributed by atoms with Crippen molar-refractivity contribution in [2.75, 3.05) is 0 Å². The Labute approximate surface area is 295 Å². The number of hydrogen-bond acceptors (Lipinski definition) is 4. The summed E-state index contributed by atoms with van der Waals surface area (Å²) >= 11 is 0. The minimum atomic E-state index is 0.571. The van der Waals surface area contributed by atoms with Crippen LogP contribution in [0.1, 0.15) is 5.56 Å².